The van der Waals surface area contributed by atoms with Crippen molar-refractivity contribution in [3.05, 3.63) is 35.1 Å². The lowest BCUT2D eigenvalue weighted by atomic mass is 10.2. The fraction of sp³-hybridized carbons (Fsp3) is 0.308. The van der Waals surface area contributed by atoms with Crippen LogP contribution in [0.5, 0.6) is 5.75 Å². The van der Waals surface area contributed by atoms with Gasteiger partial charge in [-0.1, -0.05) is 31.0 Å². The van der Waals surface area contributed by atoms with Crippen LogP contribution < -0.4 is 4.74 Å². The van der Waals surface area contributed by atoms with Gasteiger partial charge in [0.1, 0.15) is 10.6 Å². The van der Waals surface area contributed by atoms with Crippen LogP contribution in [0.1, 0.15) is 19.0 Å². The Morgan fingerprint density at radius 2 is 2.10 bits per heavy atom. The molecule has 0 saturated heterocycles. The van der Waals surface area contributed by atoms with Crippen LogP contribution >= 0.6 is 22.3 Å². The highest BCUT2D eigenvalue weighted by Crippen LogP contribution is 2.31. The molecule has 0 aliphatic rings. The van der Waals surface area contributed by atoms with E-state index in [2.05, 4.69) is 5.10 Å². The van der Waals surface area contributed by atoms with Crippen molar-refractivity contribution < 1.29 is 13.2 Å². The lowest BCUT2D eigenvalue weighted by Gasteiger charge is -2.05. The number of rotatable bonds is 5. The number of methoxy groups -OCH3 is 1. The quantitative estimate of drug-likeness (QED) is 0.776. The van der Waals surface area contributed by atoms with E-state index in [-0.39, 0.29) is 10.0 Å². The number of benzene rings is 1. The van der Waals surface area contributed by atoms with Gasteiger partial charge in [0, 0.05) is 16.7 Å². The van der Waals surface area contributed by atoms with Crippen molar-refractivity contribution in [2.45, 2.75) is 24.7 Å². The number of halogens is 2. The molecule has 8 heteroatoms. The molecule has 0 N–H and O–H groups in total. The normalized spacial score (nSPS) is 11.6. The molecule has 1 heterocycles. The fourth-order valence-corrected chi connectivity index (χ4v) is 3.85. The summed E-state index contributed by atoms with van der Waals surface area (Å²) >= 11 is 6.18. The van der Waals surface area contributed by atoms with Gasteiger partial charge in [0.2, 0.25) is 0 Å². The Kier molecular flexibility index (Phi) is 4.81. The number of hydrogen-bond acceptors (Lipinski definition) is 4. The highest BCUT2D eigenvalue weighted by molar-refractivity contribution is 8.13. The van der Waals surface area contributed by atoms with Gasteiger partial charge in [0.25, 0.3) is 9.05 Å². The number of aryl methyl sites for hydroxylation is 1. The Hall–Kier alpha value is -1.24. The summed E-state index contributed by atoms with van der Waals surface area (Å²) < 4.78 is 29.9. The minimum atomic E-state index is -3.96. The number of nitrogens with zero attached hydrogens (tertiary/aromatic N) is 2. The molecule has 1 aromatic heterocycles. The number of hydrogen-bond donors (Lipinski definition) is 0. The average Bonchev–Trinajstić information content (AvgIpc) is 2.76. The first-order valence-electron chi connectivity index (χ1n) is 6.25. The fourth-order valence-electron chi connectivity index (χ4n) is 1.98. The molecule has 21 heavy (non-hydrogen) atoms. The van der Waals surface area contributed by atoms with Crippen LogP contribution in [0.3, 0.4) is 0 Å². The third-order valence-electron chi connectivity index (χ3n) is 2.88. The second-order valence-electron chi connectivity index (χ2n) is 4.37. The van der Waals surface area contributed by atoms with Crippen molar-refractivity contribution in [2.75, 3.05) is 7.11 Å². The molecular weight excluding hydrogens is 335 g/mol. The Labute approximate surface area is 132 Å². The zero-order valence-corrected chi connectivity index (χ0v) is 13.8. The summed E-state index contributed by atoms with van der Waals surface area (Å²) in [5.41, 5.74) is 0.962. The van der Waals surface area contributed by atoms with Crippen molar-refractivity contribution in [2.24, 2.45) is 0 Å². The molecule has 0 atom stereocenters. The maximum Gasteiger partial charge on any atom is 0.266 e. The van der Waals surface area contributed by atoms with Crippen LogP contribution in [-0.2, 0) is 15.5 Å². The van der Waals surface area contributed by atoms with Gasteiger partial charge in [0.15, 0.2) is 5.15 Å². The molecular formula is C13H14Cl2N2O3S. The van der Waals surface area contributed by atoms with Gasteiger partial charge in [-0.3, -0.25) is 0 Å². The van der Waals surface area contributed by atoms with Crippen LogP contribution in [0.25, 0.3) is 5.69 Å². The first-order valence-corrected chi connectivity index (χ1v) is 8.93. The zero-order valence-electron chi connectivity index (χ0n) is 11.5. The molecule has 0 aliphatic heterocycles. The first-order chi connectivity index (χ1) is 9.88. The Bertz CT molecular complexity index is 757. The topological polar surface area (TPSA) is 61.2 Å². The molecule has 0 fully saturated rings. The highest BCUT2D eigenvalue weighted by atomic mass is 35.7. The molecule has 1 aromatic carbocycles. The smallest absolute Gasteiger partial charge is 0.266 e. The summed E-state index contributed by atoms with van der Waals surface area (Å²) in [4.78, 5) is -0.129. The molecule has 5 nitrogen and oxygen atoms in total. The van der Waals surface area contributed by atoms with E-state index in [1.54, 1.807) is 31.4 Å². The van der Waals surface area contributed by atoms with Crippen molar-refractivity contribution in [3.8, 4) is 11.4 Å². The van der Waals surface area contributed by atoms with E-state index in [0.717, 1.165) is 6.42 Å². The van der Waals surface area contributed by atoms with Crippen molar-refractivity contribution in [1.29, 1.82) is 0 Å². The van der Waals surface area contributed by atoms with Gasteiger partial charge in [-0.15, -0.1) is 0 Å². The lowest BCUT2D eigenvalue weighted by molar-refractivity contribution is 0.414. The minimum absolute atomic E-state index is 0.0262. The van der Waals surface area contributed by atoms with Gasteiger partial charge >= 0.3 is 0 Å². The maximum absolute atomic E-state index is 11.7. The maximum atomic E-state index is 11.7. The van der Waals surface area contributed by atoms with Gasteiger partial charge in [-0.2, -0.15) is 5.10 Å². The van der Waals surface area contributed by atoms with E-state index >= 15 is 0 Å². The third-order valence-corrected chi connectivity index (χ3v) is 4.73. The largest absolute Gasteiger partial charge is 0.497 e. The van der Waals surface area contributed by atoms with E-state index in [4.69, 9.17) is 27.0 Å². The monoisotopic (exact) mass is 348 g/mol. The van der Waals surface area contributed by atoms with Gasteiger partial charge in [-0.05, 0) is 18.6 Å². The molecule has 114 valence electrons. The standard InChI is InChI=1S/C13H14Cl2N2O3S/c1-3-5-11-12(21(15,18)19)13(14)17(16-11)9-6-4-7-10(8-9)20-2/h4,6-8H,3,5H2,1-2H3. The molecule has 0 bridgehead atoms. The summed E-state index contributed by atoms with van der Waals surface area (Å²) in [6, 6.07) is 6.99. The van der Waals surface area contributed by atoms with Gasteiger partial charge in [0.05, 0.1) is 18.5 Å². The molecule has 0 aliphatic carbocycles. The predicted octanol–water partition coefficient (Wildman–Crippen LogP) is 3.41. The zero-order chi connectivity index (χ0) is 15.6. The summed E-state index contributed by atoms with van der Waals surface area (Å²) in [5, 5.41) is 4.25. The SMILES string of the molecule is CCCc1nn(-c2cccc(OC)c2)c(Cl)c1S(=O)(=O)Cl. The van der Waals surface area contributed by atoms with E-state index < -0.39 is 9.05 Å². The van der Waals surface area contributed by atoms with Crippen molar-refractivity contribution >= 4 is 31.3 Å². The van der Waals surface area contributed by atoms with Crippen molar-refractivity contribution in [3.63, 3.8) is 0 Å². The van der Waals surface area contributed by atoms with Crippen LogP contribution in [0, 0.1) is 0 Å². The average molecular weight is 349 g/mol. The lowest BCUT2D eigenvalue weighted by Crippen LogP contribution is -1.98. The second-order valence-corrected chi connectivity index (χ2v) is 7.23. The number of ether oxygens (including phenoxy) is 1. The summed E-state index contributed by atoms with van der Waals surface area (Å²) in [6.07, 6.45) is 1.20. The van der Waals surface area contributed by atoms with Crippen LogP contribution in [0.15, 0.2) is 29.2 Å². The summed E-state index contributed by atoms with van der Waals surface area (Å²) in [6.45, 7) is 1.92. The van der Waals surface area contributed by atoms with E-state index in [1.165, 1.54) is 4.68 Å². The second kappa shape index (κ2) is 6.25. The molecule has 2 aromatic rings. The van der Waals surface area contributed by atoms with Crippen LogP contribution in [0.4, 0.5) is 0 Å². The predicted molar refractivity (Wildman–Crippen MR) is 82.2 cm³/mol. The van der Waals surface area contributed by atoms with E-state index in [9.17, 15) is 8.42 Å². The Morgan fingerprint density at radius 1 is 1.38 bits per heavy atom. The van der Waals surface area contributed by atoms with E-state index in [1.807, 2.05) is 6.92 Å². The van der Waals surface area contributed by atoms with Gasteiger partial charge < -0.3 is 4.74 Å². The highest BCUT2D eigenvalue weighted by Gasteiger charge is 2.26. The molecule has 0 unspecified atom stereocenters. The Morgan fingerprint density at radius 3 is 2.67 bits per heavy atom. The summed E-state index contributed by atoms with van der Waals surface area (Å²) in [7, 11) is 3.05. The molecule has 0 saturated carbocycles. The third kappa shape index (κ3) is 3.33. The molecule has 0 amide bonds. The van der Waals surface area contributed by atoms with Crippen LogP contribution in [-0.4, -0.2) is 25.3 Å². The summed E-state index contributed by atoms with van der Waals surface area (Å²) in [5.74, 6) is 0.617. The van der Waals surface area contributed by atoms with E-state index in [0.29, 0.717) is 23.6 Å². The first kappa shape index (κ1) is 16.1. The van der Waals surface area contributed by atoms with Crippen LogP contribution in [0.2, 0.25) is 5.15 Å². The van der Waals surface area contributed by atoms with Crippen molar-refractivity contribution in [1.82, 2.24) is 9.78 Å². The molecule has 2 rings (SSSR count). The number of aromatic nitrogens is 2. The molecule has 0 spiro atoms. The minimum Gasteiger partial charge on any atom is -0.497 e. The Balaban J connectivity index is 2.65. The molecule has 0 radical (unpaired) electrons. The van der Waals surface area contributed by atoms with Gasteiger partial charge in [-0.25, -0.2) is 13.1 Å².